The molecule has 0 unspecified atom stereocenters. The lowest BCUT2D eigenvalue weighted by Crippen LogP contribution is -2.29. The number of hydrogen-bond donors (Lipinski definition) is 1. The molecule has 0 spiro atoms. The molecule has 0 atom stereocenters. The number of nitrogens with zero attached hydrogens (tertiary/aromatic N) is 1. The largest absolute Gasteiger partial charge is 0.456 e. The number of anilines is 1. The molecule has 3 heteroatoms. The van der Waals surface area contributed by atoms with Crippen molar-refractivity contribution in [3.63, 3.8) is 0 Å². The molecule has 3 aromatic rings. The molecule has 1 fully saturated rings. The van der Waals surface area contributed by atoms with Crippen molar-refractivity contribution >= 4 is 16.7 Å². The van der Waals surface area contributed by atoms with E-state index in [1.54, 1.807) is 0 Å². The van der Waals surface area contributed by atoms with E-state index in [1.807, 2.05) is 24.3 Å². The van der Waals surface area contributed by atoms with Crippen molar-refractivity contribution in [2.24, 2.45) is 0 Å². The summed E-state index contributed by atoms with van der Waals surface area (Å²) >= 11 is 0. The molecule has 6 rings (SSSR count). The van der Waals surface area contributed by atoms with E-state index in [2.05, 4.69) is 71.6 Å². The van der Waals surface area contributed by atoms with E-state index in [4.69, 9.17) is 9.83 Å². The van der Waals surface area contributed by atoms with Crippen molar-refractivity contribution in [2.45, 2.75) is 19.3 Å². The highest BCUT2D eigenvalue weighted by molar-refractivity contribution is 6.02. The maximum absolute atomic E-state index is 8.12. The van der Waals surface area contributed by atoms with Crippen molar-refractivity contribution in [3.05, 3.63) is 96.4 Å². The van der Waals surface area contributed by atoms with Crippen molar-refractivity contribution < 1.29 is 4.42 Å². The van der Waals surface area contributed by atoms with Gasteiger partial charge in [-0.3, -0.25) is 0 Å². The average molecular weight is 431 g/mol. The van der Waals surface area contributed by atoms with Crippen LogP contribution in [0.1, 0.15) is 19.3 Å². The van der Waals surface area contributed by atoms with Crippen LogP contribution < -0.4 is 10.3 Å². The number of nitrogens with one attached hydrogen (secondary N) is 1. The summed E-state index contributed by atoms with van der Waals surface area (Å²) in [5.41, 5.74) is 7.87. The lowest BCUT2D eigenvalue weighted by molar-refractivity contribution is 0.576. The molecule has 0 aromatic heterocycles. The summed E-state index contributed by atoms with van der Waals surface area (Å²) in [5.74, 6) is 0.757. The minimum atomic E-state index is 0.461. The fourth-order valence-corrected chi connectivity index (χ4v) is 5.00. The minimum Gasteiger partial charge on any atom is -0.456 e. The summed E-state index contributed by atoms with van der Waals surface area (Å²) < 4.78 is 6.37. The van der Waals surface area contributed by atoms with Crippen molar-refractivity contribution in [3.8, 4) is 33.6 Å². The fraction of sp³-hybridized carbons (Fsp3) is 0.167. The molecule has 0 radical (unpaired) electrons. The maximum atomic E-state index is 8.12. The van der Waals surface area contributed by atoms with E-state index in [0.29, 0.717) is 5.36 Å². The molecule has 1 N–H and O–H groups in total. The zero-order valence-electron chi connectivity index (χ0n) is 18.6. The molecule has 1 aliphatic carbocycles. The van der Waals surface area contributed by atoms with Crippen LogP contribution in [-0.2, 0) is 0 Å². The molecule has 0 amide bonds. The quantitative estimate of drug-likeness (QED) is 0.304. The van der Waals surface area contributed by atoms with Gasteiger partial charge in [-0.25, -0.2) is 0 Å². The van der Waals surface area contributed by atoms with E-state index >= 15 is 0 Å². The Balaban J connectivity index is 1.52. The monoisotopic (exact) mass is 430 g/mol. The molecule has 2 heterocycles. The van der Waals surface area contributed by atoms with Gasteiger partial charge >= 0.3 is 0 Å². The van der Waals surface area contributed by atoms with Crippen LogP contribution in [0, 0.1) is 5.41 Å². The maximum Gasteiger partial charge on any atom is 0.137 e. The first-order valence-corrected chi connectivity index (χ1v) is 11.7. The number of benzene rings is 4. The van der Waals surface area contributed by atoms with Gasteiger partial charge in [0.2, 0.25) is 0 Å². The number of piperidine rings is 1. The van der Waals surface area contributed by atoms with Crippen LogP contribution in [0.15, 0.2) is 95.4 Å². The summed E-state index contributed by atoms with van der Waals surface area (Å²) in [5, 5.41) is 9.68. The van der Waals surface area contributed by atoms with Crippen molar-refractivity contribution in [2.75, 3.05) is 18.0 Å². The Morgan fingerprint density at radius 1 is 0.667 bits per heavy atom. The third-order valence-electron chi connectivity index (χ3n) is 6.71. The Labute approximate surface area is 193 Å². The van der Waals surface area contributed by atoms with Crippen LogP contribution >= 0.6 is 0 Å². The molecule has 0 bridgehead atoms. The highest BCUT2D eigenvalue weighted by Gasteiger charge is 2.19. The highest BCUT2D eigenvalue weighted by atomic mass is 16.3. The second-order valence-corrected chi connectivity index (χ2v) is 8.86. The lowest BCUT2D eigenvalue weighted by atomic mass is 9.92. The topological polar surface area (TPSA) is 40.2 Å². The van der Waals surface area contributed by atoms with E-state index in [9.17, 15) is 0 Å². The average Bonchev–Trinajstić information content (AvgIpc) is 2.88. The van der Waals surface area contributed by atoms with Crippen LogP contribution in [0.3, 0.4) is 0 Å². The normalized spacial score (nSPS) is 14.1. The van der Waals surface area contributed by atoms with Gasteiger partial charge in [0, 0.05) is 47.4 Å². The Morgan fingerprint density at radius 2 is 1.39 bits per heavy atom. The highest BCUT2D eigenvalue weighted by Crippen LogP contribution is 2.41. The third-order valence-corrected chi connectivity index (χ3v) is 6.71. The van der Waals surface area contributed by atoms with E-state index in [-0.39, 0.29) is 0 Å². The molecule has 2 aliphatic heterocycles. The molecular formula is C30H26N2O. The third kappa shape index (κ3) is 3.70. The molecule has 3 aliphatic rings. The molecule has 1 saturated heterocycles. The van der Waals surface area contributed by atoms with Gasteiger partial charge < -0.3 is 14.7 Å². The van der Waals surface area contributed by atoms with E-state index in [1.165, 1.54) is 36.1 Å². The predicted octanol–water partition coefficient (Wildman–Crippen LogP) is 7.34. The standard InChI is InChI=1S/C30H26N2O/c31-24-13-15-26-28(19-24)33-29-20-25(32-17-5-2-6-18-32)14-16-27(29)30(26)23-11-9-22(10-12-23)21-7-3-1-4-8-21/h1,3-4,7-16,19-20,31H,2,5-6,17-18H2. The van der Waals surface area contributed by atoms with Crippen molar-refractivity contribution in [1.29, 1.82) is 5.41 Å². The van der Waals surface area contributed by atoms with E-state index in [0.717, 1.165) is 46.5 Å². The fourth-order valence-electron chi connectivity index (χ4n) is 5.00. The zero-order valence-corrected chi connectivity index (χ0v) is 18.6. The molecule has 3 aromatic carbocycles. The minimum absolute atomic E-state index is 0.461. The van der Waals surface area contributed by atoms with Crippen molar-refractivity contribution in [1.82, 2.24) is 0 Å². The first-order chi connectivity index (χ1) is 16.3. The Bertz CT molecular complexity index is 1450. The second-order valence-electron chi connectivity index (χ2n) is 8.86. The van der Waals surface area contributed by atoms with Crippen LogP contribution in [0.25, 0.3) is 44.5 Å². The number of fused-ring (bicyclic) bond motifs is 2. The van der Waals surface area contributed by atoms with Gasteiger partial charge in [-0.2, -0.15) is 0 Å². The lowest BCUT2D eigenvalue weighted by Gasteiger charge is -2.29. The van der Waals surface area contributed by atoms with Gasteiger partial charge in [-0.15, -0.1) is 0 Å². The van der Waals surface area contributed by atoms with Gasteiger partial charge in [-0.1, -0.05) is 54.6 Å². The molecule has 3 nitrogen and oxygen atoms in total. The van der Waals surface area contributed by atoms with Crippen LogP contribution in [0.5, 0.6) is 0 Å². The number of rotatable bonds is 3. The predicted molar refractivity (Wildman–Crippen MR) is 136 cm³/mol. The molecular weight excluding hydrogens is 404 g/mol. The summed E-state index contributed by atoms with van der Waals surface area (Å²) in [6, 6.07) is 31.5. The Kier molecular flexibility index (Phi) is 4.95. The summed E-state index contributed by atoms with van der Waals surface area (Å²) in [7, 11) is 0. The van der Waals surface area contributed by atoms with Gasteiger partial charge in [0.1, 0.15) is 11.3 Å². The first kappa shape index (κ1) is 19.8. The summed E-state index contributed by atoms with van der Waals surface area (Å²) in [4.78, 5) is 2.46. The Hall–Kier alpha value is -3.85. The van der Waals surface area contributed by atoms with Crippen LogP contribution in [0.2, 0.25) is 0 Å². The number of hydrogen-bond acceptors (Lipinski definition) is 3. The van der Waals surface area contributed by atoms with Gasteiger partial charge in [0.05, 0.1) is 5.36 Å². The Morgan fingerprint density at radius 3 is 2.18 bits per heavy atom. The smallest absolute Gasteiger partial charge is 0.137 e. The zero-order chi connectivity index (χ0) is 22.2. The van der Waals surface area contributed by atoms with Crippen LogP contribution in [0.4, 0.5) is 5.69 Å². The van der Waals surface area contributed by atoms with Gasteiger partial charge in [0.25, 0.3) is 0 Å². The van der Waals surface area contributed by atoms with E-state index < -0.39 is 0 Å². The second kappa shape index (κ2) is 8.25. The van der Waals surface area contributed by atoms with Crippen LogP contribution in [-0.4, -0.2) is 13.1 Å². The van der Waals surface area contributed by atoms with Gasteiger partial charge in [0.15, 0.2) is 0 Å². The SMILES string of the molecule is N=c1ccc2c(-c3ccc(-c4ccccc4)cc3)c3ccc(N4CCCCC4)cc3oc-2c1. The summed E-state index contributed by atoms with van der Waals surface area (Å²) in [6.07, 6.45) is 3.80. The van der Waals surface area contributed by atoms with Gasteiger partial charge in [-0.05, 0) is 60.2 Å². The first-order valence-electron chi connectivity index (χ1n) is 11.7. The molecule has 0 saturated carbocycles. The molecule has 33 heavy (non-hydrogen) atoms. The molecule has 162 valence electrons. The summed E-state index contributed by atoms with van der Waals surface area (Å²) in [6.45, 7) is 2.20.